The van der Waals surface area contributed by atoms with Gasteiger partial charge in [-0.1, -0.05) is 57.3 Å². The van der Waals surface area contributed by atoms with E-state index in [0.717, 1.165) is 10.0 Å². The number of carbonyl (C=O) groups excluding carboxylic acids is 1. The molecule has 0 saturated heterocycles. The Labute approximate surface area is 183 Å². The van der Waals surface area contributed by atoms with Gasteiger partial charge in [-0.3, -0.25) is 19.6 Å². The van der Waals surface area contributed by atoms with Gasteiger partial charge in [-0.25, -0.2) is 5.43 Å². The minimum atomic E-state index is -0.814. The second-order valence-electron chi connectivity index (χ2n) is 5.81. The van der Waals surface area contributed by atoms with Crippen LogP contribution in [-0.2, 0) is 6.54 Å². The molecule has 3 rings (SSSR count). The summed E-state index contributed by atoms with van der Waals surface area (Å²) in [4.78, 5) is 23.0. The zero-order valence-corrected chi connectivity index (χ0v) is 17.6. The van der Waals surface area contributed by atoms with Crippen LogP contribution in [0.15, 0.2) is 58.2 Å². The predicted molar refractivity (Wildman–Crippen MR) is 114 cm³/mol. The van der Waals surface area contributed by atoms with E-state index >= 15 is 0 Å². The summed E-state index contributed by atoms with van der Waals surface area (Å²) in [5, 5.41) is 19.9. The molecule has 148 valence electrons. The Morgan fingerprint density at radius 1 is 1.31 bits per heavy atom. The van der Waals surface area contributed by atoms with Gasteiger partial charge in [0.2, 0.25) is 5.69 Å². The van der Waals surface area contributed by atoms with E-state index in [4.69, 9.17) is 23.2 Å². The first-order chi connectivity index (χ1) is 13.8. The molecule has 0 radical (unpaired) electrons. The van der Waals surface area contributed by atoms with Crippen LogP contribution >= 0.6 is 39.1 Å². The average Bonchev–Trinajstić information content (AvgIpc) is 3.07. The van der Waals surface area contributed by atoms with Crippen molar-refractivity contribution in [2.24, 2.45) is 5.10 Å². The van der Waals surface area contributed by atoms with Crippen LogP contribution < -0.4 is 5.43 Å². The molecule has 1 heterocycles. The van der Waals surface area contributed by atoms with Gasteiger partial charge in [-0.15, -0.1) is 0 Å². The van der Waals surface area contributed by atoms with Crippen molar-refractivity contribution >= 4 is 56.9 Å². The monoisotopic (exact) mass is 495 g/mol. The van der Waals surface area contributed by atoms with E-state index in [1.807, 2.05) is 24.3 Å². The van der Waals surface area contributed by atoms with Crippen LogP contribution in [0.2, 0.25) is 10.0 Å². The summed E-state index contributed by atoms with van der Waals surface area (Å²) in [6.45, 7) is 0.261. The highest BCUT2D eigenvalue weighted by atomic mass is 79.9. The number of aromatic nitrogens is 2. The molecule has 0 aliphatic carbocycles. The van der Waals surface area contributed by atoms with Crippen LogP contribution in [0.1, 0.15) is 21.6 Å². The van der Waals surface area contributed by atoms with Crippen LogP contribution in [0.4, 0.5) is 5.69 Å². The summed E-state index contributed by atoms with van der Waals surface area (Å²) in [5.74, 6) is -0.814. The Kier molecular flexibility index (Phi) is 6.63. The average molecular weight is 497 g/mol. The molecule has 0 bridgehead atoms. The van der Waals surface area contributed by atoms with Gasteiger partial charge in [0.15, 0.2) is 0 Å². The smallest absolute Gasteiger partial charge is 0.265 e. The van der Waals surface area contributed by atoms with Crippen LogP contribution in [0.25, 0.3) is 0 Å². The van der Waals surface area contributed by atoms with Crippen molar-refractivity contribution in [1.82, 2.24) is 15.2 Å². The second kappa shape index (κ2) is 9.17. The topological polar surface area (TPSA) is 102 Å². The third-order valence-corrected chi connectivity index (χ3v) is 4.78. The molecule has 0 spiro atoms. The lowest BCUT2D eigenvalue weighted by atomic mass is 10.2. The van der Waals surface area contributed by atoms with E-state index in [0.29, 0.717) is 15.6 Å². The number of halogens is 3. The number of amides is 1. The van der Waals surface area contributed by atoms with Gasteiger partial charge in [0.25, 0.3) is 5.91 Å². The SMILES string of the molecule is O=C(NN=Cc1ccc(Cl)cc1Cl)c1nn(Cc2cccc(Br)c2)cc1[N+](=O)[O-]. The number of hydrogen-bond donors (Lipinski definition) is 1. The van der Waals surface area contributed by atoms with E-state index in [-0.39, 0.29) is 12.2 Å². The number of hydrazone groups is 1. The zero-order valence-electron chi connectivity index (χ0n) is 14.6. The lowest BCUT2D eigenvalue weighted by molar-refractivity contribution is -0.385. The fourth-order valence-electron chi connectivity index (χ4n) is 2.43. The number of benzene rings is 2. The standard InChI is InChI=1S/C18H12BrCl2N5O3/c19-13-3-1-2-11(6-13)9-25-10-16(26(28)29)17(24-25)18(27)23-22-8-12-4-5-14(20)7-15(12)21/h1-8,10H,9H2,(H,23,27). The maximum absolute atomic E-state index is 12.4. The van der Waals surface area contributed by atoms with Crippen molar-refractivity contribution in [3.05, 3.63) is 90.1 Å². The molecule has 0 saturated carbocycles. The van der Waals surface area contributed by atoms with Crippen molar-refractivity contribution in [2.75, 3.05) is 0 Å². The minimum absolute atomic E-state index is 0.261. The van der Waals surface area contributed by atoms with Crippen LogP contribution in [0, 0.1) is 10.1 Å². The lowest BCUT2D eigenvalue weighted by Gasteiger charge is -2.02. The van der Waals surface area contributed by atoms with Crippen molar-refractivity contribution < 1.29 is 9.72 Å². The zero-order chi connectivity index (χ0) is 21.0. The van der Waals surface area contributed by atoms with Crippen LogP contribution in [0.5, 0.6) is 0 Å². The highest BCUT2D eigenvalue weighted by Crippen LogP contribution is 2.20. The van der Waals surface area contributed by atoms with E-state index in [1.165, 1.54) is 23.2 Å². The number of carbonyl (C=O) groups is 1. The van der Waals surface area contributed by atoms with E-state index in [9.17, 15) is 14.9 Å². The first-order valence-electron chi connectivity index (χ1n) is 8.08. The molecule has 0 atom stereocenters. The summed E-state index contributed by atoms with van der Waals surface area (Å²) in [5.41, 5.74) is 2.84. The molecule has 0 aliphatic heterocycles. The largest absolute Gasteiger partial charge is 0.320 e. The van der Waals surface area contributed by atoms with Gasteiger partial charge in [-0.2, -0.15) is 10.2 Å². The van der Waals surface area contributed by atoms with Gasteiger partial charge in [0, 0.05) is 15.1 Å². The van der Waals surface area contributed by atoms with Crippen molar-refractivity contribution in [1.29, 1.82) is 0 Å². The molecular weight excluding hydrogens is 485 g/mol. The third kappa shape index (κ3) is 5.41. The summed E-state index contributed by atoms with van der Waals surface area (Å²) in [6.07, 6.45) is 2.51. The molecular formula is C18H12BrCl2N5O3. The van der Waals surface area contributed by atoms with Gasteiger partial charge >= 0.3 is 5.69 Å². The summed E-state index contributed by atoms with van der Waals surface area (Å²) >= 11 is 15.2. The fraction of sp³-hybridized carbons (Fsp3) is 0.0556. The molecule has 1 amide bonds. The molecule has 2 aromatic carbocycles. The Morgan fingerprint density at radius 3 is 2.79 bits per heavy atom. The summed E-state index contributed by atoms with van der Waals surface area (Å²) in [7, 11) is 0. The van der Waals surface area contributed by atoms with Gasteiger partial charge in [0.05, 0.1) is 22.7 Å². The molecule has 29 heavy (non-hydrogen) atoms. The number of nitrogens with zero attached hydrogens (tertiary/aromatic N) is 4. The van der Waals surface area contributed by atoms with Crippen molar-refractivity contribution in [2.45, 2.75) is 6.54 Å². The molecule has 1 aromatic heterocycles. The second-order valence-corrected chi connectivity index (χ2v) is 7.57. The Hall–Kier alpha value is -2.75. The number of nitrogens with one attached hydrogen (secondary N) is 1. The highest BCUT2D eigenvalue weighted by Gasteiger charge is 2.25. The van der Waals surface area contributed by atoms with Gasteiger partial charge in [-0.05, 0) is 29.8 Å². The third-order valence-electron chi connectivity index (χ3n) is 3.72. The quantitative estimate of drug-likeness (QED) is 0.304. The Morgan fingerprint density at radius 2 is 2.10 bits per heavy atom. The predicted octanol–water partition coefficient (Wildman–Crippen LogP) is 4.67. The minimum Gasteiger partial charge on any atom is -0.265 e. The van der Waals surface area contributed by atoms with Crippen molar-refractivity contribution in [3.63, 3.8) is 0 Å². The van der Waals surface area contributed by atoms with Gasteiger partial charge < -0.3 is 0 Å². The van der Waals surface area contributed by atoms with E-state index < -0.39 is 16.5 Å². The fourth-order valence-corrected chi connectivity index (χ4v) is 3.33. The molecule has 0 unspecified atom stereocenters. The molecule has 0 aliphatic rings. The summed E-state index contributed by atoms with van der Waals surface area (Å²) < 4.78 is 2.19. The number of rotatable bonds is 6. The van der Waals surface area contributed by atoms with Gasteiger partial charge in [0.1, 0.15) is 6.20 Å². The lowest BCUT2D eigenvalue weighted by Crippen LogP contribution is -2.19. The number of nitro groups is 1. The molecule has 3 aromatic rings. The highest BCUT2D eigenvalue weighted by molar-refractivity contribution is 9.10. The maximum Gasteiger partial charge on any atom is 0.320 e. The molecule has 1 N–H and O–H groups in total. The van der Waals surface area contributed by atoms with E-state index in [2.05, 4.69) is 31.6 Å². The van der Waals surface area contributed by atoms with E-state index in [1.54, 1.807) is 12.1 Å². The Balaban J connectivity index is 1.77. The number of hydrogen-bond acceptors (Lipinski definition) is 5. The van der Waals surface area contributed by atoms with Crippen LogP contribution in [-0.4, -0.2) is 26.8 Å². The summed E-state index contributed by atoms with van der Waals surface area (Å²) in [6, 6.07) is 12.2. The first kappa shape index (κ1) is 21.0. The van der Waals surface area contributed by atoms with Crippen LogP contribution in [0.3, 0.4) is 0 Å². The molecule has 8 nitrogen and oxygen atoms in total. The molecule has 0 fully saturated rings. The normalized spacial score (nSPS) is 11.0. The van der Waals surface area contributed by atoms with Crippen molar-refractivity contribution in [3.8, 4) is 0 Å². The first-order valence-corrected chi connectivity index (χ1v) is 9.63. The maximum atomic E-state index is 12.4. The Bertz CT molecular complexity index is 1120. The molecule has 11 heteroatoms.